The van der Waals surface area contributed by atoms with Gasteiger partial charge in [-0.25, -0.2) is 0 Å². The highest BCUT2D eigenvalue weighted by Gasteiger charge is 2.68. The Kier molecular flexibility index (Phi) is 34.6. The van der Waals surface area contributed by atoms with Gasteiger partial charge in [0.25, 0.3) is 6.47 Å². The van der Waals surface area contributed by atoms with Gasteiger partial charge in [-0.15, -0.1) is 0 Å². The van der Waals surface area contributed by atoms with Crippen LogP contribution in [0.1, 0.15) is 60.8 Å². The summed E-state index contributed by atoms with van der Waals surface area (Å²) < 4.78 is 108. The van der Waals surface area contributed by atoms with Crippen LogP contribution in [0.5, 0.6) is 0 Å². The molecule has 1 aliphatic carbocycles. The number of hydrogen-bond donors (Lipinski definition) is 28. The van der Waals surface area contributed by atoms with Crippen molar-refractivity contribution in [1.29, 1.82) is 0 Å². The van der Waals surface area contributed by atoms with E-state index in [0.29, 0.717) is 0 Å². The molecular formula is C70H116N4O47. The highest BCUT2D eigenvalue weighted by atomic mass is 16.9. The van der Waals surface area contributed by atoms with Crippen LogP contribution in [0.15, 0.2) is 0 Å². The van der Waals surface area contributed by atoms with E-state index in [0.717, 1.165) is 27.7 Å². The molecule has 18 unspecified atom stereocenters. The van der Waals surface area contributed by atoms with Crippen molar-refractivity contribution in [2.45, 2.75) is 330 Å². The number of carbonyl (C=O) groups is 5. The third kappa shape index (κ3) is 21.7. The van der Waals surface area contributed by atoms with E-state index in [1.165, 1.54) is 13.8 Å². The monoisotopic (exact) mass is 1760 g/mol. The van der Waals surface area contributed by atoms with Gasteiger partial charge in [-0.3, -0.25) is 24.0 Å². The first-order valence-electron chi connectivity index (χ1n) is 39.4. The Morgan fingerprint density at radius 2 is 0.851 bits per heavy atom. The second-order valence-corrected chi connectivity index (χ2v) is 31.8. The molecule has 0 radical (unpaired) electrons. The Morgan fingerprint density at radius 1 is 0.430 bits per heavy atom. The lowest BCUT2D eigenvalue weighted by molar-refractivity contribution is -0.470. The van der Waals surface area contributed by atoms with Crippen LogP contribution in [-0.2, 0) is 109 Å². The van der Waals surface area contributed by atoms with Gasteiger partial charge in [0.15, 0.2) is 49.8 Å². The molecule has 46 atom stereocenters. The van der Waals surface area contributed by atoms with Gasteiger partial charge in [0.05, 0.1) is 108 Å². The van der Waals surface area contributed by atoms with Gasteiger partial charge < -0.3 is 229 Å². The van der Waals surface area contributed by atoms with Crippen molar-refractivity contribution in [1.82, 2.24) is 21.3 Å². The summed E-state index contributed by atoms with van der Waals surface area (Å²) in [7, 11) is 0. The Bertz CT molecular complexity index is 3320. The molecule has 9 saturated heterocycles. The number of carbonyl (C=O) groups excluding carboxylic acids is 5. The molecule has 9 heterocycles. The van der Waals surface area contributed by atoms with Gasteiger partial charge in [-0.2, -0.15) is 0 Å². The summed E-state index contributed by atoms with van der Waals surface area (Å²) in [4.78, 5) is 63.0. The second kappa shape index (κ2) is 42.3. The van der Waals surface area contributed by atoms with Gasteiger partial charge in [0.2, 0.25) is 23.6 Å². The number of ether oxygens (including phenoxy) is 18. The molecule has 10 rings (SSSR count). The average Bonchev–Trinajstić information content (AvgIpc) is 0.717. The molecule has 4 amide bonds. The fourth-order valence-corrected chi connectivity index (χ4v) is 16.9. The van der Waals surface area contributed by atoms with Gasteiger partial charge in [0.1, 0.15) is 177 Å². The van der Waals surface area contributed by atoms with Crippen LogP contribution in [-0.4, -0.2) is 481 Å². The Hall–Kier alpha value is -4.29. The molecule has 0 spiro atoms. The number of aliphatic hydroxyl groups excluding tert-OH is 22. The van der Waals surface area contributed by atoms with Crippen LogP contribution in [0, 0.1) is 17.8 Å². The van der Waals surface area contributed by atoms with Crippen molar-refractivity contribution < 1.29 is 232 Å². The zero-order chi connectivity index (χ0) is 89.0. The lowest BCUT2D eigenvalue weighted by Gasteiger charge is -2.58. The lowest BCUT2D eigenvalue weighted by Crippen LogP contribution is -2.74. The van der Waals surface area contributed by atoms with E-state index in [1.54, 1.807) is 0 Å². The predicted molar refractivity (Wildman–Crippen MR) is 378 cm³/mol. The molecule has 1 saturated carbocycles. The highest BCUT2D eigenvalue weighted by Crippen LogP contribution is 2.51. The summed E-state index contributed by atoms with van der Waals surface area (Å²) in [6.07, 6.45) is -76.3. The molecule has 0 bridgehead atoms. The summed E-state index contributed by atoms with van der Waals surface area (Å²) in [6.45, 7) is -2.12. The van der Waals surface area contributed by atoms with Crippen molar-refractivity contribution >= 4 is 30.1 Å². The minimum absolute atomic E-state index is 0.224. The zero-order valence-electron chi connectivity index (χ0n) is 66.2. The molecule has 0 aromatic carbocycles. The normalized spacial score (nSPS) is 47.4. The van der Waals surface area contributed by atoms with E-state index < -0.39 is 389 Å². The minimum atomic E-state index is -2.85. The van der Waals surface area contributed by atoms with E-state index in [9.17, 15) is 147 Å². The Morgan fingerprint density at radius 3 is 1.36 bits per heavy atom. The van der Waals surface area contributed by atoms with Gasteiger partial charge in [-0.1, -0.05) is 6.92 Å². The quantitative estimate of drug-likeness (QED) is 0.0210. The molecule has 0 aromatic heterocycles. The van der Waals surface area contributed by atoms with E-state index in [2.05, 4.69) is 21.3 Å². The molecule has 10 fully saturated rings. The smallest absolute Gasteiger partial charge is 0.332 e. The van der Waals surface area contributed by atoms with Crippen LogP contribution in [0.4, 0.5) is 0 Å². The minimum Gasteiger partial charge on any atom is -0.410 e. The van der Waals surface area contributed by atoms with Crippen molar-refractivity contribution in [2.75, 3.05) is 59.5 Å². The lowest BCUT2D eigenvalue weighted by atomic mass is 9.68. The SMILES string of the molecule is CC(=O)NC1C(O)[C@H](O)[C@H](CO)O[C@H]1OCCC1[C@@H](OCC2O[C@@H](O[C@@H]3C(CO)O[C@@H](O[C@@H]4C(CO)O[C@@H](C)C(NC(C)=O)[C@H]4O)C(NC(C)=O)[C@H]3O)C(O)[C@@H](O[C@H]3OC(CO)[C@@H](O)C(O)C3O[C@@H]3OC(CO)[C@@H](O[C@@H]4OC5CC(O)(O)[C@@H]5[C@H](O[C@]5(OC=O)C[C@@H](O)[C@@H](C)C([C@H](O)[C@H](O)CO)O5)C4O)[C@H](O)C3NC(C)=O)[C@@H]2O)OC(CO)[C@@H](O)[C@@H]1O. The molecular weight excluding hydrogens is 1650 g/mol. The molecule has 28 N–H and O–H groups in total. The summed E-state index contributed by atoms with van der Waals surface area (Å²) in [5.41, 5.74) is 0. The third-order valence-electron chi connectivity index (χ3n) is 23.4. The van der Waals surface area contributed by atoms with Gasteiger partial charge in [0, 0.05) is 46.0 Å². The molecule has 10 aliphatic rings. The largest absolute Gasteiger partial charge is 0.410 e. The number of hydrogen-bond acceptors (Lipinski definition) is 47. The van der Waals surface area contributed by atoms with E-state index in [4.69, 9.17) is 85.3 Å². The maximum absolute atomic E-state index is 13.3. The Labute approximate surface area is 688 Å². The fourth-order valence-electron chi connectivity index (χ4n) is 16.9. The highest BCUT2D eigenvalue weighted by molar-refractivity contribution is 5.74. The molecule has 121 heavy (non-hydrogen) atoms. The first-order chi connectivity index (χ1) is 57.2. The van der Waals surface area contributed by atoms with Crippen molar-refractivity contribution in [3.05, 3.63) is 0 Å². The first-order valence-corrected chi connectivity index (χ1v) is 39.4. The maximum atomic E-state index is 13.3. The number of fused-ring (bicyclic) bond motifs is 1. The van der Waals surface area contributed by atoms with Crippen LogP contribution in [0.25, 0.3) is 0 Å². The topological polar surface area (TPSA) is 785 Å². The number of rotatable bonds is 34. The second-order valence-electron chi connectivity index (χ2n) is 31.8. The molecule has 9 aliphatic heterocycles. The standard InChI is InChI=1S/C70H116N4O47/c1-20-27(87)9-70(106-19-82,120-55(20)43(90)28(88)11-75)121-59-37-29(10-69(37,102)103)108-66(53(59)100)116-57-35(17-81)113-65(41(51(57)98)74-25(6)86)119-61-52(99)46(93)32(14-78)111-68(61)118-60-47(94)36(18-105-62-26(42(89)44(91)30(12-76)109-62)7-8-104-63-39(72-23(4)84)48(95)45(92)31(13-77)110-63)114-67(54(60)101)117-58-34(16-80)112-64(40(50(58)97)73-24(5)85)115-56-33(15-79)107-21(2)38(49(56)96)71-22(3)83/h19-21,26-68,75-81,87-103H,7-18H2,1-6H3,(H,71,83)(H,72,84)(H,73,85)(H,74,86)/t20-,21+,26?,27-,28-,29?,30?,31+,32?,33?,34?,35?,36?,37+,38?,39?,40?,41?,42-,43-,44-,45-,46-,47-,48?,49-,50-,51-,52?,53?,54?,55?,56-,57-,58-,59+,60+,61?,62+,63-,64+,65+,66+,67+,68-,70+/m1/s1. The molecule has 0 aromatic rings. The summed E-state index contributed by atoms with van der Waals surface area (Å²) in [5, 5.41) is 280. The third-order valence-corrected chi connectivity index (χ3v) is 23.4. The van der Waals surface area contributed by atoms with Gasteiger partial charge >= 0.3 is 5.97 Å². The maximum Gasteiger partial charge on any atom is 0.332 e. The molecule has 51 heteroatoms. The van der Waals surface area contributed by atoms with Gasteiger partial charge in [-0.05, 0) is 13.3 Å². The zero-order valence-corrected chi connectivity index (χ0v) is 66.2. The van der Waals surface area contributed by atoms with E-state index in [1.807, 2.05) is 0 Å². The van der Waals surface area contributed by atoms with Crippen molar-refractivity contribution in [2.24, 2.45) is 17.8 Å². The van der Waals surface area contributed by atoms with Crippen LogP contribution < -0.4 is 21.3 Å². The number of nitrogens with one attached hydrogen (secondary N) is 4. The van der Waals surface area contributed by atoms with Crippen LogP contribution in [0.3, 0.4) is 0 Å². The average molecular weight is 1770 g/mol. The van der Waals surface area contributed by atoms with Crippen LogP contribution >= 0.6 is 0 Å². The summed E-state index contributed by atoms with van der Waals surface area (Å²) in [5.74, 6) is -13.1. The number of aliphatic hydroxyl groups is 24. The Balaban J connectivity index is 0.951. The summed E-state index contributed by atoms with van der Waals surface area (Å²) in [6, 6.07) is -6.54. The fraction of sp³-hybridized carbons (Fsp3) is 0.929. The van der Waals surface area contributed by atoms with Crippen molar-refractivity contribution in [3.8, 4) is 0 Å². The van der Waals surface area contributed by atoms with E-state index in [-0.39, 0.29) is 6.47 Å². The van der Waals surface area contributed by atoms with E-state index >= 15 is 0 Å². The van der Waals surface area contributed by atoms with Crippen LogP contribution in [0.2, 0.25) is 0 Å². The predicted octanol–water partition coefficient (Wildman–Crippen LogP) is -17.5. The number of amides is 4. The first kappa shape index (κ1) is 98.9. The molecule has 698 valence electrons. The summed E-state index contributed by atoms with van der Waals surface area (Å²) >= 11 is 0. The molecule has 51 nitrogen and oxygen atoms in total. The van der Waals surface area contributed by atoms with Crippen molar-refractivity contribution in [3.63, 3.8) is 0 Å².